The fourth-order valence-corrected chi connectivity index (χ4v) is 6.08. The van der Waals surface area contributed by atoms with Crippen LogP contribution in [0.5, 0.6) is 11.5 Å². The Bertz CT molecular complexity index is 1480. The maximum Gasteiger partial charge on any atom is 0.268 e. The Kier molecular flexibility index (Phi) is 5.57. The van der Waals surface area contributed by atoms with E-state index in [9.17, 15) is 9.59 Å². The van der Waals surface area contributed by atoms with E-state index >= 15 is 0 Å². The highest BCUT2D eigenvalue weighted by atomic mass is 32.1. The van der Waals surface area contributed by atoms with Crippen LogP contribution in [0.4, 0.5) is 5.69 Å². The van der Waals surface area contributed by atoms with E-state index < -0.39 is 0 Å². The predicted octanol–water partition coefficient (Wildman–Crippen LogP) is 5.60. The van der Waals surface area contributed by atoms with Gasteiger partial charge in [-0.15, -0.1) is 0 Å². The van der Waals surface area contributed by atoms with Crippen LogP contribution in [-0.2, 0) is 13.1 Å². The van der Waals surface area contributed by atoms with E-state index in [0.29, 0.717) is 30.2 Å². The van der Waals surface area contributed by atoms with Gasteiger partial charge < -0.3 is 14.4 Å². The summed E-state index contributed by atoms with van der Waals surface area (Å²) in [6.45, 7) is 0.952. The lowest BCUT2D eigenvalue weighted by atomic mass is 10.1. The molecule has 3 aromatic carbocycles. The summed E-state index contributed by atoms with van der Waals surface area (Å²) < 4.78 is 14.5. The highest BCUT2D eigenvalue weighted by Crippen LogP contribution is 2.37. The molecule has 0 bridgehead atoms. The van der Waals surface area contributed by atoms with E-state index in [1.54, 1.807) is 16.0 Å². The van der Waals surface area contributed by atoms with Crippen LogP contribution in [0.1, 0.15) is 47.2 Å². The average Bonchev–Trinajstić information content (AvgIpc) is 3.59. The normalized spacial score (nSPS) is 15.7. The number of nitrogens with zero attached hydrogens (tertiary/aromatic N) is 2. The second kappa shape index (κ2) is 8.89. The van der Waals surface area contributed by atoms with Gasteiger partial charge in [-0.3, -0.25) is 13.5 Å². The van der Waals surface area contributed by atoms with E-state index in [0.717, 1.165) is 39.7 Å². The quantitative estimate of drug-likeness (QED) is 0.356. The number of carbonyl (C=O) groups is 1. The molecule has 1 aromatic heterocycles. The number of amides is 1. The molecule has 6 nitrogen and oxygen atoms in total. The molecule has 0 saturated heterocycles. The second-order valence-electron chi connectivity index (χ2n) is 9.17. The molecule has 0 unspecified atom stereocenters. The molecule has 1 aliphatic carbocycles. The Labute approximate surface area is 207 Å². The first-order valence-electron chi connectivity index (χ1n) is 12.0. The van der Waals surface area contributed by atoms with Crippen LogP contribution in [0.25, 0.3) is 10.1 Å². The highest BCUT2D eigenvalue weighted by molar-refractivity contribution is 7.13. The first-order valence-corrected chi connectivity index (χ1v) is 12.8. The monoisotopic (exact) mass is 486 g/mol. The van der Waals surface area contributed by atoms with Gasteiger partial charge in [0.05, 0.1) is 36.4 Å². The summed E-state index contributed by atoms with van der Waals surface area (Å²) in [7, 11) is 1.64. The van der Waals surface area contributed by atoms with Crippen molar-refractivity contribution >= 4 is 33.2 Å². The summed E-state index contributed by atoms with van der Waals surface area (Å²) in [6.07, 6.45) is 4.66. The number of hydrogen-bond donors (Lipinski definition) is 0. The number of fused-ring (bicyclic) bond motifs is 2. The molecule has 2 heterocycles. The molecule has 0 radical (unpaired) electrons. The number of ether oxygens (including phenoxy) is 2. The van der Waals surface area contributed by atoms with Gasteiger partial charge in [-0.05, 0) is 67.1 Å². The summed E-state index contributed by atoms with van der Waals surface area (Å²) >= 11 is 1.45. The SMILES string of the molecule is COc1ccc(N2Cc3ccc(Cn4sc5ccccc5c4=O)cc3C2=O)cc1OC1CCCC1. The minimum absolute atomic E-state index is 0.00655. The lowest BCUT2D eigenvalue weighted by molar-refractivity contribution is 0.0996. The first kappa shape index (κ1) is 21.9. The maximum atomic E-state index is 13.4. The van der Waals surface area contributed by atoms with Crippen molar-refractivity contribution in [3.05, 3.63) is 87.7 Å². The number of anilines is 1. The zero-order valence-electron chi connectivity index (χ0n) is 19.5. The minimum atomic E-state index is -0.0393. The molecule has 0 N–H and O–H groups in total. The van der Waals surface area contributed by atoms with Gasteiger partial charge in [-0.25, -0.2) is 0 Å². The third-order valence-electron chi connectivity index (χ3n) is 6.91. The van der Waals surface area contributed by atoms with Crippen LogP contribution in [0.2, 0.25) is 0 Å². The van der Waals surface area contributed by atoms with Gasteiger partial charge in [0.25, 0.3) is 11.5 Å². The summed E-state index contributed by atoms with van der Waals surface area (Å²) in [5.41, 5.74) is 3.41. The number of methoxy groups -OCH3 is 1. The molecule has 0 atom stereocenters. The molecular weight excluding hydrogens is 460 g/mol. The van der Waals surface area contributed by atoms with Crippen LogP contribution >= 0.6 is 11.5 Å². The zero-order chi connectivity index (χ0) is 23.9. The van der Waals surface area contributed by atoms with E-state index in [-0.39, 0.29) is 17.6 Å². The van der Waals surface area contributed by atoms with Gasteiger partial charge in [0, 0.05) is 17.3 Å². The Hall–Kier alpha value is -3.58. The molecular formula is C28H26N2O4S. The largest absolute Gasteiger partial charge is 0.493 e. The predicted molar refractivity (Wildman–Crippen MR) is 138 cm³/mol. The first-order chi connectivity index (χ1) is 17.1. The van der Waals surface area contributed by atoms with Crippen molar-refractivity contribution in [2.75, 3.05) is 12.0 Å². The zero-order valence-corrected chi connectivity index (χ0v) is 20.3. The van der Waals surface area contributed by atoms with E-state index in [1.165, 1.54) is 24.4 Å². The van der Waals surface area contributed by atoms with E-state index in [2.05, 4.69) is 0 Å². The lowest BCUT2D eigenvalue weighted by Gasteiger charge is -2.20. The van der Waals surface area contributed by atoms with Crippen LogP contribution in [0.3, 0.4) is 0 Å². The molecule has 35 heavy (non-hydrogen) atoms. The van der Waals surface area contributed by atoms with Crippen LogP contribution < -0.4 is 19.9 Å². The van der Waals surface area contributed by atoms with Crippen molar-refractivity contribution in [2.24, 2.45) is 0 Å². The molecule has 0 spiro atoms. The van der Waals surface area contributed by atoms with E-state index in [4.69, 9.17) is 9.47 Å². The maximum absolute atomic E-state index is 13.4. The molecule has 1 fully saturated rings. The van der Waals surface area contributed by atoms with Crippen molar-refractivity contribution < 1.29 is 14.3 Å². The molecule has 1 amide bonds. The van der Waals surface area contributed by atoms with Crippen molar-refractivity contribution in [3.8, 4) is 11.5 Å². The third kappa shape index (κ3) is 4.00. The molecule has 1 aliphatic heterocycles. The van der Waals surface area contributed by atoms with Gasteiger partial charge in [0.15, 0.2) is 11.5 Å². The Morgan fingerprint density at radius 3 is 2.60 bits per heavy atom. The second-order valence-corrected chi connectivity index (χ2v) is 10.2. The third-order valence-corrected chi connectivity index (χ3v) is 7.98. The lowest BCUT2D eigenvalue weighted by Crippen LogP contribution is -2.23. The van der Waals surface area contributed by atoms with Gasteiger partial charge in [0.1, 0.15) is 0 Å². The van der Waals surface area contributed by atoms with Gasteiger partial charge in [-0.1, -0.05) is 35.8 Å². The Balaban J connectivity index is 1.26. The van der Waals surface area contributed by atoms with Crippen LogP contribution in [-0.4, -0.2) is 23.1 Å². The fraction of sp³-hybridized carbons (Fsp3) is 0.286. The number of benzene rings is 3. The van der Waals surface area contributed by atoms with Crippen LogP contribution in [0, 0.1) is 0 Å². The molecule has 6 rings (SSSR count). The van der Waals surface area contributed by atoms with Crippen LogP contribution in [0.15, 0.2) is 65.5 Å². The Morgan fingerprint density at radius 2 is 1.80 bits per heavy atom. The van der Waals surface area contributed by atoms with Gasteiger partial charge >= 0.3 is 0 Å². The molecule has 178 valence electrons. The van der Waals surface area contributed by atoms with Crippen molar-refractivity contribution in [2.45, 2.75) is 44.9 Å². The van der Waals surface area contributed by atoms with Gasteiger partial charge in [0.2, 0.25) is 0 Å². The smallest absolute Gasteiger partial charge is 0.268 e. The number of carbonyl (C=O) groups excluding carboxylic acids is 1. The van der Waals surface area contributed by atoms with E-state index in [1.807, 2.05) is 60.7 Å². The molecule has 1 saturated carbocycles. The van der Waals surface area contributed by atoms with Gasteiger partial charge in [-0.2, -0.15) is 0 Å². The Morgan fingerprint density at radius 1 is 0.971 bits per heavy atom. The summed E-state index contributed by atoms with van der Waals surface area (Å²) in [5.74, 6) is 1.33. The topological polar surface area (TPSA) is 60.8 Å². The molecule has 7 heteroatoms. The van der Waals surface area contributed by atoms with Crippen molar-refractivity contribution in [3.63, 3.8) is 0 Å². The number of hydrogen-bond acceptors (Lipinski definition) is 5. The summed E-state index contributed by atoms with van der Waals surface area (Å²) in [6, 6.07) is 19.3. The minimum Gasteiger partial charge on any atom is -0.493 e. The molecule has 2 aliphatic rings. The standard InChI is InChI=1S/C28H26N2O4S/c1-33-24-13-12-20(15-25(24)34-21-6-2-3-7-21)29-17-19-11-10-18(14-23(19)27(29)31)16-30-28(32)22-8-4-5-9-26(22)35-30/h4-5,8-15,21H,2-3,6-7,16-17H2,1H3. The van der Waals surface area contributed by atoms with Crippen molar-refractivity contribution in [1.29, 1.82) is 0 Å². The van der Waals surface area contributed by atoms with Crippen molar-refractivity contribution in [1.82, 2.24) is 3.96 Å². The molecule has 4 aromatic rings. The fourth-order valence-electron chi connectivity index (χ4n) is 5.05. The summed E-state index contributed by atoms with van der Waals surface area (Å²) in [5, 5.41) is 0.732. The number of rotatable bonds is 6. The number of aromatic nitrogens is 1. The highest BCUT2D eigenvalue weighted by Gasteiger charge is 2.30. The summed E-state index contributed by atoms with van der Waals surface area (Å²) in [4.78, 5) is 27.9. The average molecular weight is 487 g/mol.